The third-order valence-electron chi connectivity index (χ3n) is 8.16. The van der Waals surface area contributed by atoms with Crippen LogP contribution in [0.3, 0.4) is 0 Å². The number of nitrogens with zero attached hydrogens (tertiary/aromatic N) is 2. The number of carbonyl (C=O) groups is 1. The van der Waals surface area contributed by atoms with Crippen LogP contribution in [-0.4, -0.2) is 56.4 Å². The molecule has 5 aliphatic heterocycles. The number of amides is 1. The number of benzene rings is 2. The van der Waals surface area contributed by atoms with Crippen LogP contribution in [0.4, 0.5) is 5.69 Å². The Bertz CT molecular complexity index is 1120. The SMILES string of the molecule is O=C1N(C[C@H]2CCCO2)c2cccc(CN3CCCC3)c2C12COc1cc3c(cc12)CCO3. The van der Waals surface area contributed by atoms with Gasteiger partial charge in [-0.25, -0.2) is 0 Å². The highest BCUT2D eigenvalue weighted by atomic mass is 16.5. The van der Waals surface area contributed by atoms with E-state index in [9.17, 15) is 4.79 Å². The number of anilines is 1. The molecule has 6 heteroatoms. The van der Waals surface area contributed by atoms with E-state index in [1.807, 2.05) is 11.0 Å². The Kier molecular flexibility index (Phi) is 4.50. The largest absolute Gasteiger partial charge is 0.493 e. The second-order valence-corrected chi connectivity index (χ2v) is 10.1. The zero-order valence-electron chi connectivity index (χ0n) is 19.0. The van der Waals surface area contributed by atoms with Crippen LogP contribution in [0, 0.1) is 0 Å². The van der Waals surface area contributed by atoms with Crippen molar-refractivity contribution < 1.29 is 19.0 Å². The van der Waals surface area contributed by atoms with Gasteiger partial charge in [0.2, 0.25) is 5.91 Å². The molecular formula is C27H30N2O4. The number of carbonyl (C=O) groups excluding carboxylic acids is 1. The summed E-state index contributed by atoms with van der Waals surface area (Å²) in [5.74, 6) is 1.84. The second-order valence-electron chi connectivity index (χ2n) is 10.1. The number of likely N-dealkylation sites (tertiary alicyclic amines) is 1. The highest BCUT2D eigenvalue weighted by Gasteiger charge is 2.58. The van der Waals surface area contributed by atoms with E-state index in [0.29, 0.717) is 19.8 Å². The van der Waals surface area contributed by atoms with Gasteiger partial charge in [-0.3, -0.25) is 9.69 Å². The van der Waals surface area contributed by atoms with Gasteiger partial charge in [0.1, 0.15) is 23.5 Å². The van der Waals surface area contributed by atoms with Crippen molar-refractivity contribution in [3.8, 4) is 11.5 Å². The van der Waals surface area contributed by atoms with Gasteiger partial charge in [-0.1, -0.05) is 12.1 Å². The standard InChI is InChI=1S/C27H30N2O4/c30-26-27(17-33-24-14-23-18(8-12-32-23)13-21(24)27)25-19(15-28-9-1-2-10-28)5-3-7-22(25)29(26)16-20-6-4-11-31-20/h3,5,7,13-14,20H,1-2,4,6,8-12,15-17H2/t20-,27?/m1/s1. The molecule has 2 fully saturated rings. The predicted molar refractivity (Wildman–Crippen MR) is 124 cm³/mol. The maximum atomic E-state index is 14.4. The topological polar surface area (TPSA) is 51.2 Å². The van der Waals surface area contributed by atoms with Crippen molar-refractivity contribution in [1.29, 1.82) is 0 Å². The van der Waals surface area contributed by atoms with E-state index in [1.54, 1.807) is 0 Å². The Morgan fingerprint density at radius 2 is 1.94 bits per heavy atom. The van der Waals surface area contributed by atoms with Crippen LogP contribution in [0.1, 0.15) is 47.9 Å². The third-order valence-corrected chi connectivity index (χ3v) is 8.16. The molecule has 0 radical (unpaired) electrons. The van der Waals surface area contributed by atoms with Crippen LogP contribution in [0.25, 0.3) is 0 Å². The minimum Gasteiger partial charge on any atom is -0.493 e. The molecule has 6 nitrogen and oxygen atoms in total. The number of hydrogen-bond donors (Lipinski definition) is 0. The minimum absolute atomic E-state index is 0.106. The quantitative estimate of drug-likeness (QED) is 0.720. The van der Waals surface area contributed by atoms with Gasteiger partial charge in [-0.15, -0.1) is 0 Å². The number of ether oxygens (including phenoxy) is 3. The first-order chi connectivity index (χ1) is 16.2. The Morgan fingerprint density at radius 1 is 1.03 bits per heavy atom. The van der Waals surface area contributed by atoms with Gasteiger partial charge in [0, 0.05) is 42.5 Å². The van der Waals surface area contributed by atoms with Crippen LogP contribution in [0.5, 0.6) is 11.5 Å². The Hall–Kier alpha value is -2.57. The Balaban J connectivity index is 1.38. The van der Waals surface area contributed by atoms with Crippen molar-refractivity contribution in [2.24, 2.45) is 0 Å². The van der Waals surface area contributed by atoms with Crippen LogP contribution >= 0.6 is 0 Å². The molecule has 1 amide bonds. The first kappa shape index (κ1) is 19.9. The third kappa shape index (κ3) is 2.90. The summed E-state index contributed by atoms with van der Waals surface area (Å²) in [4.78, 5) is 18.9. The van der Waals surface area contributed by atoms with Crippen LogP contribution in [0.15, 0.2) is 30.3 Å². The molecule has 172 valence electrons. The maximum absolute atomic E-state index is 14.4. The summed E-state index contributed by atoms with van der Waals surface area (Å²) in [7, 11) is 0. The number of fused-ring (bicyclic) bond motifs is 5. The van der Waals surface area contributed by atoms with Gasteiger partial charge in [0.15, 0.2) is 0 Å². The maximum Gasteiger partial charge on any atom is 0.245 e. The lowest BCUT2D eigenvalue weighted by atomic mass is 9.74. The van der Waals surface area contributed by atoms with Crippen molar-refractivity contribution in [2.45, 2.75) is 50.2 Å². The molecule has 1 unspecified atom stereocenters. The fourth-order valence-electron chi connectivity index (χ4n) is 6.54. The zero-order chi connectivity index (χ0) is 22.0. The molecular weight excluding hydrogens is 416 g/mol. The highest BCUT2D eigenvalue weighted by Crippen LogP contribution is 2.55. The molecule has 2 aromatic carbocycles. The van der Waals surface area contributed by atoms with E-state index in [4.69, 9.17) is 14.2 Å². The van der Waals surface area contributed by atoms with E-state index < -0.39 is 5.41 Å². The normalized spacial score (nSPS) is 27.7. The summed E-state index contributed by atoms with van der Waals surface area (Å²) in [6, 6.07) is 10.7. The summed E-state index contributed by atoms with van der Waals surface area (Å²) < 4.78 is 18.0. The molecule has 0 bridgehead atoms. The molecule has 1 spiro atoms. The van der Waals surface area contributed by atoms with E-state index in [2.05, 4.69) is 29.2 Å². The molecule has 7 rings (SSSR count). The lowest BCUT2D eigenvalue weighted by Crippen LogP contribution is -2.45. The lowest BCUT2D eigenvalue weighted by molar-refractivity contribution is -0.122. The smallest absolute Gasteiger partial charge is 0.245 e. The summed E-state index contributed by atoms with van der Waals surface area (Å²) in [6.07, 6.45) is 5.57. The van der Waals surface area contributed by atoms with E-state index in [1.165, 1.54) is 24.0 Å². The van der Waals surface area contributed by atoms with Gasteiger partial charge in [-0.05, 0) is 62.0 Å². The van der Waals surface area contributed by atoms with Crippen molar-refractivity contribution in [3.63, 3.8) is 0 Å². The van der Waals surface area contributed by atoms with Crippen LogP contribution < -0.4 is 14.4 Å². The molecule has 2 aromatic rings. The molecule has 0 aliphatic carbocycles. The molecule has 2 saturated heterocycles. The van der Waals surface area contributed by atoms with E-state index >= 15 is 0 Å². The van der Waals surface area contributed by atoms with Gasteiger partial charge in [0.05, 0.1) is 19.3 Å². The van der Waals surface area contributed by atoms with Gasteiger partial charge in [-0.2, -0.15) is 0 Å². The molecule has 2 atom stereocenters. The zero-order valence-corrected chi connectivity index (χ0v) is 19.0. The van der Waals surface area contributed by atoms with Crippen LogP contribution in [0.2, 0.25) is 0 Å². The summed E-state index contributed by atoms with van der Waals surface area (Å²) >= 11 is 0. The average molecular weight is 447 g/mol. The fraction of sp³-hybridized carbons (Fsp3) is 0.519. The Morgan fingerprint density at radius 3 is 2.79 bits per heavy atom. The van der Waals surface area contributed by atoms with E-state index in [0.717, 1.165) is 73.8 Å². The van der Waals surface area contributed by atoms with Gasteiger partial charge < -0.3 is 19.1 Å². The summed E-state index contributed by atoms with van der Waals surface area (Å²) in [5.41, 5.74) is 4.87. The average Bonchev–Trinajstić information content (AvgIpc) is 3.64. The first-order valence-corrected chi connectivity index (χ1v) is 12.5. The van der Waals surface area contributed by atoms with Crippen LogP contribution in [-0.2, 0) is 27.9 Å². The highest BCUT2D eigenvalue weighted by molar-refractivity contribution is 6.12. The molecule has 5 aliphatic rings. The lowest BCUT2D eigenvalue weighted by Gasteiger charge is -2.26. The monoisotopic (exact) mass is 446 g/mol. The number of hydrogen-bond acceptors (Lipinski definition) is 5. The Labute approximate surface area is 194 Å². The predicted octanol–water partition coefficient (Wildman–Crippen LogP) is 3.42. The van der Waals surface area contributed by atoms with Gasteiger partial charge in [0.25, 0.3) is 0 Å². The molecule has 0 N–H and O–H groups in total. The van der Waals surface area contributed by atoms with E-state index in [-0.39, 0.29) is 12.0 Å². The van der Waals surface area contributed by atoms with Gasteiger partial charge >= 0.3 is 0 Å². The molecule has 5 heterocycles. The molecule has 0 saturated carbocycles. The second kappa shape index (κ2) is 7.47. The van der Waals surface area contributed by atoms with Crippen molar-refractivity contribution in [1.82, 2.24) is 4.90 Å². The molecule has 33 heavy (non-hydrogen) atoms. The molecule has 0 aromatic heterocycles. The van der Waals surface area contributed by atoms with Crippen molar-refractivity contribution in [2.75, 3.05) is 44.4 Å². The summed E-state index contributed by atoms with van der Waals surface area (Å²) in [5, 5.41) is 0. The number of rotatable bonds is 4. The fourth-order valence-corrected chi connectivity index (χ4v) is 6.54. The van der Waals surface area contributed by atoms with Crippen molar-refractivity contribution >= 4 is 11.6 Å². The summed E-state index contributed by atoms with van der Waals surface area (Å²) in [6.45, 7) is 5.60. The van der Waals surface area contributed by atoms with Crippen molar-refractivity contribution in [3.05, 3.63) is 52.6 Å². The minimum atomic E-state index is -0.781. The first-order valence-electron chi connectivity index (χ1n) is 12.5.